The van der Waals surface area contributed by atoms with Gasteiger partial charge in [-0.1, -0.05) is 125 Å². The lowest BCUT2D eigenvalue weighted by Gasteiger charge is -2.31. The molecule has 2 unspecified atom stereocenters. The predicted molar refractivity (Wildman–Crippen MR) is 224 cm³/mol. The number of aliphatic carboxylic acids is 1. The summed E-state index contributed by atoms with van der Waals surface area (Å²) in [5.74, 6) is -1.52. The number of allylic oxidation sites excluding steroid dienone is 12. The van der Waals surface area contributed by atoms with Crippen LogP contribution in [0.2, 0.25) is 0 Å². The Bertz CT molecular complexity index is 1110. The Morgan fingerprint density at radius 2 is 0.981 bits per heavy atom. The zero-order valence-corrected chi connectivity index (χ0v) is 34.9. The molecule has 0 amide bonds. The Morgan fingerprint density at radius 3 is 1.44 bits per heavy atom. The molecule has 0 aliphatic heterocycles. The van der Waals surface area contributed by atoms with Crippen molar-refractivity contribution >= 4 is 17.9 Å². The second-order valence-electron chi connectivity index (χ2n) is 14.8. The average molecular weight is 757 g/mol. The molecule has 0 fully saturated rings. The van der Waals surface area contributed by atoms with E-state index < -0.39 is 18.1 Å². The third-order valence-electron chi connectivity index (χ3n) is 8.85. The number of quaternary nitrogens is 1. The van der Waals surface area contributed by atoms with E-state index in [0.717, 1.165) is 103 Å². The first-order chi connectivity index (χ1) is 26.1. The van der Waals surface area contributed by atoms with Crippen molar-refractivity contribution in [1.29, 1.82) is 0 Å². The van der Waals surface area contributed by atoms with Crippen LogP contribution >= 0.6 is 0 Å². The predicted octanol–water partition coefficient (Wildman–Crippen LogP) is 11.2. The summed E-state index contributed by atoms with van der Waals surface area (Å²) in [5, 5.41) is 9.61. The van der Waals surface area contributed by atoms with Crippen molar-refractivity contribution in [2.75, 3.05) is 41.0 Å². The molecule has 308 valence electrons. The van der Waals surface area contributed by atoms with Crippen LogP contribution in [0.5, 0.6) is 0 Å². The average Bonchev–Trinajstić information content (AvgIpc) is 3.12. The van der Waals surface area contributed by atoms with Crippen molar-refractivity contribution < 1.29 is 38.2 Å². The molecule has 0 saturated heterocycles. The first kappa shape index (κ1) is 50.8. The summed E-state index contributed by atoms with van der Waals surface area (Å²) in [4.78, 5) is 36.9. The van der Waals surface area contributed by atoms with Crippen LogP contribution < -0.4 is 0 Å². The molecular formula is C46H78NO7+. The molecular weight excluding hydrogens is 679 g/mol. The largest absolute Gasteiger partial charge is 0.477 e. The highest BCUT2D eigenvalue weighted by Crippen LogP contribution is 2.13. The van der Waals surface area contributed by atoms with E-state index in [1.807, 2.05) is 21.1 Å². The number of carboxylic acid groups (broad SMARTS) is 1. The van der Waals surface area contributed by atoms with Crippen LogP contribution in [0.4, 0.5) is 0 Å². The van der Waals surface area contributed by atoms with Crippen LogP contribution in [0.1, 0.15) is 149 Å². The van der Waals surface area contributed by atoms with Gasteiger partial charge in [-0.05, 0) is 77.0 Å². The van der Waals surface area contributed by atoms with Gasteiger partial charge in [-0.25, -0.2) is 4.79 Å². The maximum absolute atomic E-state index is 12.7. The number of carbonyl (C=O) groups excluding carboxylic acids is 2. The molecule has 2 atom stereocenters. The molecule has 8 heteroatoms. The van der Waals surface area contributed by atoms with Gasteiger partial charge in [0.1, 0.15) is 6.61 Å². The maximum Gasteiger partial charge on any atom is 0.362 e. The Balaban J connectivity index is 4.43. The summed E-state index contributed by atoms with van der Waals surface area (Å²) in [5.41, 5.74) is 0. The molecule has 0 aromatic heterocycles. The van der Waals surface area contributed by atoms with Gasteiger partial charge < -0.3 is 23.8 Å². The number of ether oxygens (including phenoxy) is 3. The quantitative estimate of drug-likeness (QED) is 0.0294. The fourth-order valence-corrected chi connectivity index (χ4v) is 5.65. The summed E-state index contributed by atoms with van der Waals surface area (Å²) < 4.78 is 17.2. The van der Waals surface area contributed by atoms with Crippen LogP contribution in [0.3, 0.4) is 0 Å². The van der Waals surface area contributed by atoms with E-state index in [0.29, 0.717) is 19.3 Å². The maximum atomic E-state index is 12.7. The SMILES string of the molecule is CC/C=C/C/C=C/C/C=C/CCCCCCCCC(=O)OCC(COCCC(C(=O)O)[N+](C)(C)C)OC(=O)CCCCCC/C=C/C/C=C/C/C=C/CC. The third kappa shape index (κ3) is 34.5. The Labute approximate surface area is 330 Å². The fourth-order valence-electron chi connectivity index (χ4n) is 5.65. The minimum atomic E-state index is -0.885. The van der Waals surface area contributed by atoms with Crippen molar-refractivity contribution in [2.45, 2.75) is 161 Å². The Hall–Kier alpha value is -3.23. The van der Waals surface area contributed by atoms with E-state index >= 15 is 0 Å². The van der Waals surface area contributed by atoms with Gasteiger partial charge in [0, 0.05) is 19.3 Å². The number of likely N-dealkylation sites (N-methyl/N-ethyl adjacent to an activating group) is 1. The molecule has 0 aliphatic rings. The molecule has 54 heavy (non-hydrogen) atoms. The van der Waals surface area contributed by atoms with Gasteiger partial charge in [0.15, 0.2) is 12.1 Å². The highest BCUT2D eigenvalue weighted by Gasteiger charge is 2.31. The van der Waals surface area contributed by atoms with Crippen LogP contribution in [0.15, 0.2) is 72.9 Å². The highest BCUT2D eigenvalue weighted by atomic mass is 16.6. The van der Waals surface area contributed by atoms with Crippen LogP contribution in [0, 0.1) is 0 Å². The van der Waals surface area contributed by atoms with E-state index in [-0.39, 0.29) is 36.2 Å². The second-order valence-corrected chi connectivity index (χ2v) is 14.8. The molecule has 8 nitrogen and oxygen atoms in total. The molecule has 0 heterocycles. The monoisotopic (exact) mass is 757 g/mol. The molecule has 0 rings (SSSR count). The number of nitrogens with zero attached hydrogens (tertiary/aromatic N) is 1. The number of carboxylic acids is 1. The summed E-state index contributed by atoms with van der Waals surface area (Å²) in [6, 6.07) is -0.624. The van der Waals surface area contributed by atoms with Crippen LogP contribution in [-0.4, -0.2) is 80.6 Å². The zero-order valence-electron chi connectivity index (χ0n) is 34.9. The molecule has 0 radical (unpaired) electrons. The van der Waals surface area contributed by atoms with Crippen molar-refractivity contribution in [3.8, 4) is 0 Å². The number of unbranched alkanes of at least 4 members (excludes halogenated alkanes) is 10. The lowest BCUT2D eigenvalue weighted by Crippen LogP contribution is -2.50. The molecule has 0 aromatic rings. The number of hydrogen-bond donors (Lipinski definition) is 1. The summed E-state index contributed by atoms with van der Waals surface area (Å²) >= 11 is 0. The highest BCUT2D eigenvalue weighted by molar-refractivity contribution is 5.72. The first-order valence-corrected chi connectivity index (χ1v) is 21.0. The minimum absolute atomic E-state index is 0.0436. The molecule has 1 N–H and O–H groups in total. The van der Waals surface area contributed by atoms with E-state index in [1.54, 1.807) is 0 Å². The van der Waals surface area contributed by atoms with Gasteiger partial charge in [-0.3, -0.25) is 9.59 Å². The molecule has 0 spiro atoms. The van der Waals surface area contributed by atoms with Crippen molar-refractivity contribution in [3.05, 3.63) is 72.9 Å². The Kier molecular flexibility index (Phi) is 34.5. The summed E-state index contributed by atoms with van der Waals surface area (Å²) in [7, 11) is 5.50. The molecule has 0 aliphatic carbocycles. The summed E-state index contributed by atoms with van der Waals surface area (Å²) in [6.07, 6.45) is 45.1. The third-order valence-corrected chi connectivity index (χ3v) is 8.85. The van der Waals surface area contributed by atoms with Gasteiger partial charge in [0.05, 0.1) is 34.4 Å². The van der Waals surface area contributed by atoms with Gasteiger partial charge in [0.25, 0.3) is 0 Å². The lowest BCUT2D eigenvalue weighted by molar-refractivity contribution is -0.887. The van der Waals surface area contributed by atoms with E-state index in [2.05, 4.69) is 86.8 Å². The number of hydrogen-bond acceptors (Lipinski definition) is 6. The van der Waals surface area contributed by atoms with E-state index in [4.69, 9.17) is 14.2 Å². The van der Waals surface area contributed by atoms with E-state index in [1.165, 1.54) is 12.8 Å². The van der Waals surface area contributed by atoms with Gasteiger partial charge in [-0.2, -0.15) is 0 Å². The number of carbonyl (C=O) groups is 3. The molecule has 0 saturated carbocycles. The van der Waals surface area contributed by atoms with Crippen molar-refractivity contribution in [3.63, 3.8) is 0 Å². The first-order valence-electron chi connectivity index (χ1n) is 21.0. The zero-order chi connectivity index (χ0) is 40.0. The van der Waals surface area contributed by atoms with Gasteiger partial charge in [0.2, 0.25) is 0 Å². The normalized spacial score (nSPS) is 13.7. The van der Waals surface area contributed by atoms with Crippen LogP contribution in [0.25, 0.3) is 0 Å². The lowest BCUT2D eigenvalue weighted by atomic mass is 10.1. The molecule has 0 bridgehead atoms. The topological polar surface area (TPSA) is 99.1 Å². The minimum Gasteiger partial charge on any atom is -0.477 e. The van der Waals surface area contributed by atoms with Gasteiger partial charge in [-0.15, -0.1) is 0 Å². The number of rotatable bonds is 36. The molecule has 0 aromatic carbocycles. The number of esters is 2. The Morgan fingerprint density at radius 1 is 0.556 bits per heavy atom. The van der Waals surface area contributed by atoms with Crippen molar-refractivity contribution in [2.24, 2.45) is 0 Å². The fraction of sp³-hybridized carbons (Fsp3) is 0.674. The van der Waals surface area contributed by atoms with Crippen molar-refractivity contribution in [1.82, 2.24) is 0 Å². The standard InChI is InChI=1S/C46H77NO7/c1-6-8-10-12-14-16-18-20-22-23-25-26-28-30-32-34-36-44(48)53-41-42(40-52-39-38-43(46(50)51)47(3,4)5)54-45(49)37-35-33-31-29-27-24-21-19-17-15-13-11-9-7-2/h8-11,14-17,20-22,24,42-43H,6-7,12-13,18-19,23,25-41H2,1-5H3/p+1/b10-8+,11-9+,16-14+,17-15+,22-20+,24-21+. The van der Waals surface area contributed by atoms with Crippen LogP contribution in [-0.2, 0) is 28.6 Å². The smallest absolute Gasteiger partial charge is 0.362 e. The van der Waals surface area contributed by atoms with Gasteiger partial charge >= 0.3 is 17.9 Å². The van der Waals surface area contributed by atoms with E-state index in [9.17, 15) is 19.5 Å². The second kappa shape index (κ2) is 36.7. The summed E-state index contributed by atoms with van der Waals surface area (Å²) in [6.45, 7) is 4.45.